The lowest BCUT2D eigenvalue weighted by Crippen LogP contribution is -2.37. The quantitative estimate of drug-likeness (QED) is 0.193. The van der Waals surface area contributed by atoms with E-state index >= 15 is 0 Å². The SMILES string of the molecule is C.O=C(O)C1CCC(C2CCN(Cc3ccc([C@H]4COc5cccnc5O4)cc3)CC2)CC1.O=Cc1ccc([C@H]2COc3cccnc3O2)cc1. The lowest BCUT2D eigenvalue weighted by Gasteiger charge is -2.38. The zero-order valence-corrected chi connectivity index (χ0v) is 28.1. The summed E-state index contributed by atoms with van der Waals surface area (Å²) < 4.78 is 23.2. The molecule has 1 aliphatic carbocycles. The minimum atomic E-state index is -0.603. The molecule has 10 nitrogen and oxygen atoms in total. The highest BCUT2D eigenvalue weighted by Gasteiger charge is 2.32. The molecule has 0 bridgehead atoms. The molecule has 2 atom stereocenters. The Morgan fingerprint density at radius 1 is 0.725 bits per heavy atom. The first kappa shape index (κ1) is 35.9. The number of pyridine rings is 2. The summed E-state index contributed by atoms with van der Waals surface area (Å²) >= 11 is 0. The van der Waals surface area contributed by atoms with E-state index in [1.807, 2.05) is 30.3 Å². The Bertz CT molecular complexity index is 1730. The number of ether oxygens (including phenoxy) is 4. The summed E-state index contributed by atoms with van der Waals surface area (Å²) in [5.74, 6) is 3.23. The number of aromatic nitrogens is 2. The average Bonchev–Trinajstić information content (AvgIpc) is 3.18. The molecule has 2 aromatic heterocycles. The molecule has 3 aliphatic heterocycles. The number of nitrogens with zero attached hydrogens (tertiary/aromatic N) is 3. The van der Waals surface area contributed by atoms with E-state index in [4.69, 9.17) is 18.9 Å². The normalized spacial score (nSPS) is 22.7. The number of aliphatic carboxylic acids is 1. The van der Waals surface area contributed by atoms with Crippen LogP contribution in [0.2, 0.25) is 0 Å². The molecule has 8 rings (SSSR count). The van der Waals surface area contributed by atoms with Gasteiger partial charge in [-0.3, -0.25) is 14.5 Å². The summed E-state index contributed by atoms with van der Waals surface area (Å²) in [7, 11) is 0. The Kier molecular flexibility index (Phi) is 11.8. The van der Waals surface area contributed by atoms with Crippen molar-refractivity contribution in [1.82, 2.24) is 14.9 Å². The molecule has 0 amide bonds. The Labute approximate surface area is 299 Å². The van der Waals surface area contributed by atoms with Crippen LogP contribution in [0.5, 0.6) is 23.3 Å². The van der Waals surface area contributed by atoms with Gasteiger partial charge in [0.1, 0.15) is 19.5 Å². The van der Waals surface area contributed by atoms with Crippen molar-refractivity contribution in [2.75, 3.05) is 26.3 Å². The van der Waals surface area contributed by atoms with Crippen molar-refractivity contribution in [2.45, 2.75) is 64.7 Å². The second-order valence-corrected chi connectivity index (χ2v) is 13.5. The van der Waals surface area contributed by atoms with Crippen LogP contribution in [0, 0.1) is 17.8 Å². The van der Waals surface area contributed by atoms with E-state index in [9.17, 15) is 14.7 Å². The number of carboxylic acid groups (broad SMARTS) is 1. The van der Waals surface area contributed by atoms with Crippen LogP contribution in [0.3, 0.4) is 0 Å². The summed E-state index contributed by atoms with van der Waals surface area (Å²) in [5, 5.41) is 9.22. The van der Waals surface area contributed by atoms with Gasteiger partial charge in [-0.15, -0.1) is 0 Å². The first-order chi connectivity index (χ1) is 24.5. The number of aldehydes is 1. The number of hydrogen-bond donors (Lipinski definition) is 1. The highest BCUT2D eigenvalue weighted by atomic mass is 16.6. The molecular formula is C41H47N3O7. The van der Waals surface area contributed by atoms with Crippen LogP contribution in [0.1, 0.15) is 85.2 Å². The number of piperidine rings is 1. The third-order valence-corrected chi connectivity index (χ3v) is 10.4. The van der Waals surface area contributed by atoms with Gasteiger partial charge in [0, 0.05) is 24.5 Å². The molecule has 1 saturated carbocycles. The topological polar surface area (TPSA) is 120 Å². The van der Waals surface area contributed by atoms with Crippen LogP contribution in [0.4, 0.5) is 0 Å². The lowest BCUT2D eigenvalue weighted by molar-refractivity contribution is -0.143. The van der Waals surface area contributed by atoms with E-state index in [0.717, 1.165) is 74.6 Å². The average molecular weight is 694 g/mol. The molecule has 268 valence electrons. The largest absolute Gasteiger partial charge is 0.484 e. The number of carbonyl (C=O) groups excluding carboxylic acids is 1. The summed E-state index contributed by atoms with van der Waals surface area (Å²) in [6.07, 6.45) is 10.3. The Morgan fingerprint density at radius 3 is 1.75 bits per heavy atom. The van der Waals surface area contributed by atoms with Gasteiger partial charge in [0.2, 0.25) is 0 Å². The molecule has 2 fully saturated rings. The van der Waals surface area contributed by atoms with Gasteiger partial charge in [-0.1, -0.05) is 56.0 Å². The van der Waals surface area contributed by atoms with Crippen molar-refractivity contribution < 1.29 is 33.6 Å². The third-order valence-electron chi connectivity index (χ3n) is 10.4. The number of rotatable bonds is 7. The van der Waals surface area contributed by atoms with Gasteiger partial charge in [-0.25, -0.2) is 9.97 Å². The van der Waals surface area contributed by atoms with Gasteiger partial charge in [0.25, 0.3) is 11.8 Å². The minimum Gasteiger partial charge on any atom is -0.484 e. The molecule has 2 aromatic carbocycles. The Morgan fingerprint density at radius 2 is 1.24 bits per heavy atom. The molecule has 0 radical (unpaired) electrons. The zero-order chi connectivity index (χ0) is 34.3. The van der Waals surface area contributed by atoms with Crippen molar-refractivity contribution in [2.24, 2.45) is 17.8 Å². The fraction of sp³-hybridized carbons (Fsp3) is 0.415. The van der Waals surface area contributed by atoms with E-state index in [1.165, 1.54) is 18.4 Å². The summed E-state index contributed by atoms with van der Waals surface area (Å²) in [6.45, 7) is 4.19. The first-order valence-corrected chi connectivity index (χ1v) is 17.6. The molecule has 0 spiro atoms. The zero-order valence-electron chi connectivity index (χ0n) is 28.1. The molecule has 0 unspecified atom stereocenters. The predicted molar refractivity (Wildman–Crippen MR) is 192 cm³/mol. The van der Waals surface area contributed by atoms with Gasteiger partial charge >= 0.3 is 5.97 Å². The molecule has 4 aromatic rings. The Balaban J connectivity index is 0.000000200. The first-order valence-electron chi connectivity index (χ1n) is 17.6. The van der Waals surface area contributed by atoms with Gasteiger partial charge in [-0.05, 0) is 104 Å². The lowest BCUT2D eigenvalue weighted by atomic mass is 9.73. The fourth-order valence-corrected chi connectivity index (χ4v) is 7.45. The molecule has 1 saturated heterocycles. The minimum absolute atomic E-state index is 0. The fourth-order valence-electron chi connectivity index (χ4n) is 7.45. The molecule has 51 heavy (non-hydrogen) atoms. The maximum absolute atomic E-state index is 11.2. The highest BCUT2D eigenvalue weighted by Crippen LogP contribution is 2.39. The smallest absolute Gasteiger partial charge is 0.306 e. The van der Waals surface area contributed by atoms with Crippen molar-refractivity contribution in [3.8, 4) is 23.3 Å². The Hall–Kier alpha value is -4.96. The molecular weight excluding hydrogens is 646 g/mol. The van der Waals surface area contributed by atoms with Gasteiger partial charge in [0.15, 0.2) is 23.7 Å². The van der Waals surface area contributed by atoms with Gasteiger partial charge in [-0.2, -0.15) is 0 Å². The van der Waals surface area contributed by atoms with Crippen LogP contribution in [-0.2, 0) is 11.3 Å². The number of likely N-dealkylation sites (tertiary alicyclic amines) is 1. The molecule has 1 N–H and O–H groups in total. The van der Waals surface area contributed by atoms with Crippen molar-refractivity contribution in [3.63, 3.8) is 0 Å². The monoisotopic (exact) mass is 693 g/mol. The maximum atomic E-state index is 11.2. The van der Waals surface area contributed by atoms with Crippen LogP contribution >= 0.6 is 0 Å². The third kappa shape index (κ3) is 8.86. The molecule has 10 heteroatoms. The maximum Gasteiger partial charge on any atom is 0.306 e. The number of hydrogen-bond acceptors (Lipinski definition) is 9. The van der Waals surface area contributed by atoms with Crippen molar-refractivity contribution >= 4 is 12.3 Å². The number of fused-ring (bicyclic) bond motifs is 2. The summed E-state index contributed by atoms with van der Waals surface area (Å²) in [4.78, 5) is 32.7. The van der Waals surface area contributed by atoms with E-state index in [2.05, 4.69) is 39.1 Å². The van der Waals surface area contributed by atoms with Crippen LogP contribution in [0.15, 0.2) is 85.2 Å². The van der Waals surface area contributed by atoms with Crippen LogP contribution < -0.4 is 18.9 Å². The summed E-state index contributed by atoms with van der Waals surface area (Å²) in [5.41, 5.74) is 4.05. The van der Waals surface area contributed by atoms with E-state index in [0.29, 0.717) is 42.0 Å². The second-order valence-electron chi connectivity index (χ2n) is 13.5. The molecule has 4 aliphatic rings. The number of carboxylic acids is 1. The van der Waals surface area contributed by atoms with Crippen molar-refractivity contribution in [3.05, 3.63) is 107 Å². The number of benzene rings is 2. The standard InChI is InChI=1S/C26H32N2O4.C14H11NO3.CH4/c29-26(30)22-9-7-19(8-10-22)20-11-14-28(15-12-20)16-18-3-5-21(6-4-18)24-17-31-23-2-1-13-27-25(23)32-24;16-8-10-3-5-11(6-4-10)13-9-17-12-2-1-7-15-14(12)18-13;/h1-6,13,19-20,22,24H,7-12,14-17H2,(H,29,30);1-8,13H,9H2;1H4/t19?,22?,24-;13-;/m11./s1. The molecule has 5 heterocycles. The van der Waals surface area contributed by atoms with Gasteiger partial charge in [0.05, 0.1) is 5.92 Å². The highest BCUT2D eigenvalue weighted by molar-refractivity contribution is 5.74. The van der Waals surface area contributed by atoms with Crippen LogP contribution in [0.25, 0.3) is 0 Å². The second kappa shape index (κ2) is 16.8. The van der Waals surface area contributed by atoms with Gasteiger partial charge < -0.3 is 24.1 Å². The van der Waals surface area contributed by atoms with E-state index < -0.39 is 5.97 Å². The van der Waals surface area contributed by atoms with E-state index in [1.54, 1.807) is 30.6 Å². The van der Waals surface area contributed by atoms with Crippen molar-refractivity contribution in [1.29, 1.82) is 0 Å². The van der Waals surface area contributed by atoms with Crippen LogP contribution in [-0.4, -0.2) is 58.5 Å². The summed E-state index contributed by atoms with van der Waals surface area (Å²) in [6, 6.07) is 23.3. The predicted octanol–water partition coefficient (Wildman–Crippen LogP) is 7.74. The number of carbonyl (C=O) groups is 2. The van der Waals surface area contributed by atoms with E-state index in [-0.39, 0.29) is 25.6 Å².